The maximum absolute atomic E-state index is 11.5. The summed E-state index contributed by atoms with van der Waals surface area (Å²) in [5, 5.41) is 0. The van der Waals surface area contributed by atoms with E-state index >= 15 is 0 Å². The van der Waals surface area contributed by atoms with Crippen LogP contribution in [-0.2, 0) is 11.3 Å². The molecule has 1 aromatic heterocycles. The van der Waals surface area contributed by atoms with Crippen molar-refractivity contribution in [3.8, 4) is 0 Å². The summed E-state index contributed by atoms with van der Waals surface area (Å²) >= 11 is 0. The number of hydrogen-bond acceptors (Lipinski definition) is 3. The number of likely N-dealkylation sites (tertiary alicyclic amines) is 1. The predicted molar refractivity (Wildman–Crippen MR) is 56.0 cm³/mol. The maximum Gasteiger partial charge on any atom is 0.224 e. The Bertz CT molecular complexity index is 373. The number of aromatic nitrogens is 2. The van der Waals surface area contributed by atoms with Gasteiger partial charge in [-0.3, -0.25) is 4.79 Å². The summed E-state index contributed by atoms with van der Waals surface area (Å²) in [5.74, 6) is 0.108. The summed E-state index contributed by atoms with van der Waals surface area (Å²) < 4.78 is 2.03. The van der Waals surface area contributed by atoms with Crippen LogP contribution in [0.4, 0.5) is 0 Å². The summed E-state index contributed by atoms with van der Waals surface area (Å²) in [6, 6.07) is -0.149. The lowest BCUT2D eigenvalue weighted by atomic mass is 10.1. The molecule has 2 N–H and O–H groups in total. The lowest BCUT2D eigenvalue weighted by Crippen LogP contribution is -2.31. The van der Waals surface area contributed by atoms with Crippen molar-refractivity contribution in [2.45, 2.75) is 32.0 Å². The van der Waals surface area contributed by atoms with Gasteiger partial charge in [-0.25, -0.2) is 4.98 Å². The van der Waals surface area contributed by atoms with Crippen molar-refractivity contribution >= 4 is 5.91 Å². The number of hydrogen-bond donors (Lipinski definition) is 1. The summed E-state index contributed by atoms with van der Waals surface area (Å²) in [6.45, 7) is 2.90. The molecule has 5 nitrogen and oxygen atoms in total. The average Bonchev–Trinajstić information content (AvgIpc) is 2.73. The Kier molecular flexibility index (Phi) is 2.48. The van der Waals surface area contributed by atoms with Gasteiger partial charge in [0.25, 0.3) is 0 Å². The second-order valence-corrected chi connectivity index (χ2v) is 3.92. The van der Waals surface area contributed by atoms with Crippen LogP contribution in [0.3, 0.4) is 0 Å². The van der Waals surface area contributed by atoms with Crippen LogP contribution in [0.25, 0.3) is 0 Å². The van der Waals surface area contributed by atoms with Gasteiger partial charge in [-0.15, -0.1) is 0 Å². The lowest BCUT2D eigenvalue weighted by Gasteiger charge is -2.23. The molecule has 2 heterocycles. The number of carbonyl (C=O) groups is 1. The highest BCUT2D eigenvalue weighted by Gasteiger charge is 2.37. The molecule has 0 aliphatic carbocycles. The predicted octanol–water partition coefficient (Wildman–Crippen LogP) is 0.133. The normalized spacial score (nSPS) is 26.3. The van der Waals surface area contributed by atoms with Gasteiger partial charge in [-0.2, -0.15) is 0 Å². The molecule has 0 unspecified atom stereocenters. The Hall–Kier alpha value is -1.36. The fourth-order valence-corrected chi connectivity index (χ4v) is 2.16. The largest absolute Gasteiger partial charge is 0.336 e. The number of nitrogens with zero attached hydrogens (tertiary/aromatic N) is 3. The molecule has 0 radical (unpaired) electrons. The molecule has 0 spiro atoms. The van der Waals surface area contributed by atoms with Crippen molar-refractivity contribution in [2.24, 2.45) is 5.73 Å². The van der Waals surface area contributed by atoms with Crippen LogP contribution in [0.1, 0.15) is 25.1 Å². The lowest BCUT2D eigenvalue weighted by molar-refractivity contribution is -0.127. The highest BCUT2D eigenvalue weighted by molar-refractivity contribution is 5.79. The molecule has 1 aliphatic heterocycles. The number of nitrogens with two attached hydrogens (primary N) is 1. The van der Waals surface area contributed by atoms with Crippen molar-refractivity contribution in [1.29, 1.82) is 0 Å². The van der Waals surface area contributed by atoms with Crippen LogP contribution in [0.5, 0.6) is 0 Å². The zero-order chi connectivity index (χ0) is 11.0. The second kappa shape index (κ2) is 3.66. The Morgan fingerprint density at radius 3 is 2.93 bits per heavy atom. The molecule has 1 amide bonds. The van der Waals surface area contributed by atoms with Gasteiger partial charge in [0.2, 0.25) is 5.91 Å². The number of likely N-dealkylation sites (N-methyl/N-ethyl adjacent to an activating group) is 1. The van der Waals surface area contributed by atoms with E-state index in [9.17, 15) is 4.79 Å². The summed E-state index contributed by atoms with van der Waals surface area (Å²) in [6.07, 6.45) is 4.00. The number of rotatable bonds is 2. The van der Waals surface area contributed by atoms with Gasteiger partial charge >= 0.3 is 0 Å². The number of amides is 1. The van der Waals surface area contributed by atoms with Crippen LogP contribution in [0.15, 0.2) is 12.5 Å². The second-order valence-electron chi connectivity index (χ2n) is 3.92. The molecule has 0 aromatic carbocycles. The minimum Gasteiger partial charge on any atom is -0.336 e. The fourth-order valence-electron chi connectivity index (χ4n) is 2.16. The molecular weight excluding hydrogens is 192 g/mol. The van der Waals surface area contributed by atoms with Crippen molar-refractivity contribution < 1.29 is 4.79 Å². The Morgan fingerprint density at radius 1 is 1.67 bits per heavy atom. The molecule has 0 bridgehead atoms. The first kappa shape index (κ1) is 10.2. The first-order valence-corrected chi connectivity index (χ1v) is 5.16. The molecule has 1 aliphatic rings. The molecule has 82 valence electrons. The van der Waals surface area contributed by atoms with E-state index in [1.165, 1.54) is 0 Å². The monoisotopic (exact) mass is 208 g/mol. The topological polar surface area (TPSA) is 64.2 Å². The van der Waals surface area contributed by atoms with E-state index in [4.69, 9.17) is 5.73 Å². The van der Waals surface area contributed by atoms with E-state index in [-0.39, 0.29) is 18.0 Å². The number of imidazole rings is 1. The molecule has 1 saturated heterocycles. The molecular formula is C10H16N4O. The number of carbonyl (C=O) groups excluding carboxylic acids is 1. The third-order valence-corrected chi connectivity index (χ3v) is 3.01. The third kappa shape index (κ3) is 1.52. The summed E-state index contributed by atoms with van der Waals surface area (Å²) in [7, 11) is 1.80. The molecule has 1 aromatic rings. The fraction of sp³-hybridized carbons (Fsp3) is 0.600. The van der Waals surface area contributed by atoms with Gasteiger partial charge in [-0.05, 0) is 6.92 Å². The minimum absolute atomic E-state index is 0.0278. The minimum atomic E-state index is -0.121. The molecule has 15 heavy (non-hydrogen) atoms. The smallest absolute Gasteiger partial charge is 0.224 e. The van der Waals surface area contributed by atoms with E-state index in [0.29, 0.717) is 6.42 Å². The van der Waals surface area contributed by atoms with Gasteiger partial charge in [0.1, 0.15) is 0 Å². The standard InChI is InChI=1S/C10H16N4O/c1-3-14-6-12-5-8(14)10-7(11)4-9(15)13(10)2/h5-7,10H,3-4,11H2,1-2H3/t7-,10-/m1/s1. The van der Waals surface area contributed by atoms with Crippen LogP contribution in [0.2, 0.25) is 0 Å². The van der Waals surface area contributed by atoms with E-state index in [2.05, 4.69) is 4.98 Å². The van der Waals surface area contributed by atoms with Crippen LogP contribution >= 0.6 is 0 Å². The Morgan fingerprint density at radius 2 is 2.40 bits per heavy atom. The maximum atomic E-state index is 11.5. The van der Waals surface area contributed by atoms with Gasteiger partial charge in [-0.1, -0.05) is 0 Å². The van der Waals surface area contributed by atoms with Crippen LogP contribution in [0, 0.1) is 0 Å². The molecule has 2 rings (SSSR count). The quantitative estimate of drug-likeness (QED) is 0.751. The highest BCUT2D eigenvalue weighted by Crippen LogP contribution is 2.30. The zero-order valence-corrected chi connectivity index (χ0v) is 9.05. The van der Waals surface area contributed by atoms with E-state index in [0.717, 1.165) is 12.2 Å². The third-order valence-electron chi connectivity index (χ3n) is 3.01. The zero-order valence-electron chi connectivity index (χ0n) is 9.05. The molecule has 5 heteroatoms. The highest BCUT2D eigenvalue weighted by atomic mass is 16.2. The Labute approximate surface area is 88.9 Å². The van der Waals surface area contributed by atoms with Crippen molar-refractivity contribution in [2.75, 3.05) is 7.05 Å². The van der Waals surface area contributed by atoms with Crippen LogP contribution in [-0.4, -0.2) is 33.4 Å². The molecule has 0 saturated carbocycles. The van der Waals surface area contributed by atoms with E-state index in [1.807, 2.05) is 11.5 Å². The molecule has 2 atom stereocenters. The number of aryl methyl sites for hydroxylation is 1. The van der Waals surface area contributed by atoms with E-state index < -0.39 is 0 Å². The van der Waals surface area contributed by atoms with Gasteiger partial charge < -0.3 is 15.2 Å². The van der Waals surface area contributed by atoms with Gasteiger partial charge in [0.05, 0.1) is 24.3 Å². The van der Waals surface area contributed by atoms with E-state index in [1.54, 1.807) is 24.5 Å². The first-order valence-electron chi connectivity index (χ1n) is 5.16. The summed E-state index contributed by atoms with van der Waals surface area (Å²) in [4.78, 5) is 17.3. The Balaban J connectivity index is 2.34. The van der Waals surface area contributed by atoms with Gasteiger partial charge in [0, 0.05) is 26.1 Å². The van der Waals surface area contributed by atoms with Crippen molar-refractivity contribution in [3.63, 3.8) is 0 Å². The first-order chi connectivity index (χ1) is 7.15. The van der Waals surface area contributed by atoms with Crippen LogP contribution < -0.4 is 5.73 Å². The summed E-state index contributed by atoms with van der Waals surface area (Å²) in [5.41, 5.74) is 7.00. The molecule has 1 fully saturated rings. The van der Waals surface area contributed by atoms with Crippen molar-refractivity contribution in [1.82, 2.24) is 14.5 Å². The van der Waals surface area contributed by atoms with Gasteiger partial charge in [0.15, 0.2) is 0 Å². The SMILES string of the molecule is CCn1cncc1[C@H]1[C@H](N)CC(=O)N1C. The average molecular weight is 208 g/mol. The van der Waals surface area contributed by atoms with Crippen molar-refractivity contribution in [3.05, 3.63) is 18.2 Å².